The average molecular weight is 327 g/mol. The van der Waals surface area contributed by atoms with Crippen molar-refractivity contribution in [3.63, 3.8) is 0 Å². The van der Waals surface area contributed by atoms with Gasteiger partial charge in [0.1, 0.15) is 9.75 Å². The fourth-order valence-corrected chi connectivity index (χ4v) is 3.68. The number of hydrogen-bond acceptors (Lipinski definition) is 3. The molecule has 1 aromatic heterocycles. The number of carbonyl (C=O) groups excluding carboxylic acids is 1. The minimum absolute atomic E-state index is 0.137. The Morgan fingerprint density at radius 2 is 2.05 bits per heavy atom. The van der Waals surface area contributed by atoms with Crippen molar-refractivity contribution in [1.29, 1.82) is 0 Å². The summed E-state index contributed by atoms with van der Waals surface area (Å²) in [6, 6.07) is 9.45. The minimum atomic E-state index is -1.04. The zero-order chi connectivity index (χ0) is 14.2. The molecule has 2 aromatic rings. The minimum Gasteiger partial charge on any atom is -0.350 e. The topological polar surface area (TPSA) is 42.0 Å². The summed E-state index contributed by atoms with van der Waals surface area (Å²) < 4.78 is -1.04. The molecule has 1 fully saturated rings. The van der Waals surface area contributed by atoms with Gasteiger partial charge in [0.15, 0.2) is 0 Å². The van der Waals surface area contributed by atoms with Gasteiger partial charge in [0.05, 0.1) is 12.1 Å². The van der Waals surface area contributed by atoms with Crippen LogP contribution in [0.4, 0.5) is 0 Å². The molecule has 0 aliphatic heterocycles. The van der Waals surface area contributed by atoms with Crippen molar-refractivity contribution in [1.82, 2.24) is 10.3 Å². The Morgan fingerprint density at radius 1 is 1.35 bits per heavy atom. The molecule has 1 atom stereocenters. The number of nitrogens with zero attached hydrogens (tertiary/aromatic N) is 1. The second-order valence-electron chi connectivity index (χ2n) is 4.80. The molecule has 1 aromatic carbocycles. The molecule has 1 amide bonds. The molecule has 0 spiro atoms. The first kappa shape index (κ1) is 13.9. The molecule has 3 rings (SSSR count). The summed E-state index contributed by atoms with van der Waals surface area (Å²) in [7, 11) is 0. The third kappa shape index (κ3) is 2.22. The van der Waals surface area contributed by atoms with E-state index in [2.05, 4.69) is 10.3 Å². The molecule has 3 nitrogen and oxygen atoms in total. The summed E-state index contributed by atoms with van der Waals surface area (Å²) in [5.74, 6) is -0.137. The van der Waals surface area contributed by atoms with Crippen molar-refractivity contribution >= 4 is 40.4 Å². The number of halogens is 2. The summed E-state index contributed by atoms with van der Waals surface area (Å²) in [4.78, 5) is 17.5. The van der Waals surface area contributed by atoms with Gasteiger partial charge in [-0.3, -0.25) is 9.78 Å². The predicted octanol–water partition coefficient (Wildman–Crippen LogP) is 3.27. The summed E-state index contributed by atoms with van der Waals surface area (Å²) in [5.41, 5.74) is 1.74. The van der Waals surface area contributed by atoms with Gasteiger partial charge in [0, 0.05) is 17.5 Å². The van der Waals surface area contributed by atoms with Gasteiger partial charge in [0.2, 0.25) is 5.91 Å². The highest BCUT2D eigenvalue weighted by atomic mass is 35.5. The number of hydrogen-bond donors (Lipinski definition) is 1. The van der Waals surface area contributed by atoms with E-state index < -0.39 is 9.75 Å². The molecule has 1 heterocycles. The summed E-state index contributed by atoms with van der Waals surface area (Å²) in [6.45, 7) is 0.446. The fourth-order valence-electron chi connectivity index (χ4n) is 2.35. The average Bonchev–Trinajstić information content (AvgIpc) is 2.81. The SMILES string of the molecule is O=C(NCc1cncs1)C1(c2ccccc2)CC1(Cl)Cl. The number of rotatable bonds is 4. The van der Waals surface area contributed by atoms with Gasteiger partial charge in [-0.2, -0.15) is 0 Å². The van der Waals surface area contributed by atoms with Crippen LogP contribution in [-0.4, -0.2) is 15.2 Å². The number of carbonyl (C=O) groups is 1. The van der Waals surface area contributed by atoms with Crippen molar-refractivity contribution < 1.29 is 4.79 Å². The maximum Gasteiger partial charge on any atom is 0.234 e. The number of aromatic nitrogens is 1. The first-order valence-corrected chi connectivity index (χ1v) is 7.79. The lowest BCUT2D eigenvalue weighted by Crippen LogP contribution is -2.37. The molecular formula is C14H12Cl2N2OS. The van der Waals surface area contributed by atoms with Gasteiger partial charge in [-0.05, 0) is 5.56 Å². The Kier molecular flexibility index (Phi) is 3.48. The van der Waals surface area contributed by atoms with Crippen LogP contribution in [0.2, 0.25) is 0 Å². The smallest absolute Gasteiger partial charge is 0.234 e. The molecule has 1 N–H and O–H groups in total. The number of benzene rings is 1. The number of nitrogens with one attached hydrogen (secondary N) is 1. The molecule has 6 heteroatoms. The van der Waals surface area contributed by atoms with E-state index in [4.69, 9.17) is 23.2 Å². The molecule has 1 saturated carbocycles. The van der Waals surface area contributed by atoms with Gasteiger partial charge in [-0.15, -0.1) is 34.5 Å². The maximum absolute atomic E-state index is 12.5. The van der Waals surface area contributed by atoms with Crippen LogP contribution in [-0.2, 0) is 16.8 Å². The van der Waals surface area contributed by atoms with E-state index in [1.807, 2.05) is 30.3 Å². The molecular weight excluding hydrogens is 315 g/mol. The van der Waals surface area contributed by atoms with Gasteiger partial charge >= 0.3 is 0 Å². The molecule has 0 bridgehead atoms. The van der Waals surface area contributed by atoms with Crippen LogP contribution < -0.4 is 5.32 Å². The van der Waals surface area contributed by atoms with Crippen molar-refractivity contribution in [3.8, 4) is 0 Å². The second-order valence-corrected chi connectivity index (χ2v) is 7.26. The molecule has 0 radical (unpaired) electrons. The summed E-state index contributed by atoms with van der Waals surface area (Å²) in [6.07, 6.45) is 2.17. The predicted molar refractivity (Wildman–Crippen MR) is 81.1 cm³/mol. The van der Waals surface area contributed by atoms with E-state index >= 15 is 0 Å². The highest BCUT2D eigenvalue weighted by Crippen LogP contribution is 2.64. The Hall–Kier alpha value is -1.10. The second kappa shape index (κ2) is 5.02. The Labute approximate surface area is 130 Å². The van der Waals surface area contributed by atoms with Gasteiger partial charge in [-0.25, -0.2) is 0 Å². The van der Waals surface area contributed by atoms with Crippen LogP contribution in [0.25, 0.3) is 0 Å². The number of thiazole rings is 1. The lowest BCUT2D eigenvalue weighted by Gasteiger charge is -2.18. The van der Waals surface area contributed by atoms with Crippen LogP contribution in [0.3, 0.4) is 0 Å². The first-order valence-electron chi connectivity index (χ1n) is 6.15. The first-order chi connectivity index (χ1) is 9.56. The lowest BCUT2D eigenvalue weighted by atomic mass is 9.95. The van der Waals surface area contributed by atoms with Crippen LogP contribution in [0, 0.1) is 0 Å². The molecule has 1 aliphatic carbocycles. The third-order valence-corrected chi connectivity index (χ3v) is 5.24. The van der Waals surface area contributed by atoms with E-state index in [1.165, 1.54) is 11.3 Å². The van der Waals surface area contributed by atoms with E-state index in [0.29, 0.717) is 13.0 Å². The highest BCUT2D eigenvalue weighted by molar-refractivity contribution is 7.09. The van der Waals surface area contributed by atoms with Crippen molar-refractivity contribution in [3.05, 3.63) is 52.5 Å². The highest BCUT2D eigenvalue weighted by Gasteiger charge is 2.72. The van der Waals surface area contributed by atoms with E-state index in [0.717, 1.165) is 10.4 Å². The molecule has 0 saturated heterocycles. The molecule has 1 unspecified atom stereocenters. The molecule has 104 valence electrons. The Morgan fingerprint density at radius 3 is 2.60 bits per heavy atom. The van der Waals surface area contributed by atoms with Gasteiger partial charge in [0.25, 0.3) is 0 Å². The third-order valence-electron chi connectivity index (χ3n) is 3.55. The van der Waals surface area contributed by atoms with Crippen molar-refractivity contribution in [2.75, 3.05) is 0 Å². The summed E-state index contributed by atoms with van der Waals surface area (Å²) >= 11 is 14.0. The standard InChI is InChI=1S/C14H12Cl2N2OS/c15-14(16)8-13(14,10-4-2-1-3-5-10)12(19)18-7-11-6-17-9-20-11/h1-6,9H,7-8H2,(H,18,19). The molecule has 20 heavy (non-hydrogen) atoms. The van der Waals surface area contributed by atoms with E-state index in [9.17, 15) is 4.79 Å². The monoisotopic (exact) mass is 326 g/mol. The van der Waals surface area contributed by atoms with Crippen molar-refractivity contribution in [2.45, 2.75) is 22.7 Å². The van der Waals surface area contributed by atoms with Gasteiger partial charge < -0.3 is 5.32 Å². The lowest BCUT2D eigenvalue weighted by molar-refractivity contribution is -0.123. The van der Waals surface area contributed by atoms with Crippen LogP contribution >= 0.6 is 34.5 Å². The summed E-state index contributed by atoms with van der Waals surface area (Å²) in [5, 5.41) is 2.90. The zero-order valence-electron chi connectivity index (χ0n) is 10.5. The largest absolute Gasteiger partial charge is 0.350 e. The quantitative estimate of drug-likeness (QED) is 0.876. The number of amides is 1. The van der Waals surface area contributed by atoms with E-state index in [-0.39, 0.29) is 5.91 Å². The zero-order valence-corrected chi connectivity index (χ0v) is 12.8. The van der Waals surface area contributed by atoms with E-state index in [1.54, 1.807) is 11.7 Å². The maximum atomic E-state index is 12.5. The van der Waals surface area contributed by atoms with Gasteiger partial charge in [-0.1, -0.05) is 30.3 Å². The van der Waals surface area contributed by atoms with Crippen LogP contribution in [0.15, 0.2) is 42.0 Å². The van der Waals surface area contributed by atoms with Crippen LogP contribution in [0.1, 0.15) is 16.9 Å². The van der Waals surface area contributed by atoms with Crippen molar-refractivity contribution in [2.24, 2.45) is 0 Å². The van der Waals surface area contributed by atoms with Crippen LogP contribution in [0.5, 0.6) is 0 Å². The fraction of sp³-hybridized carbons (Fsp3) is 0.286. The number of alkyl halides is 2. The Balaban J connectivity index is 1.80. The molecule has 1 aliphatic rings. The normalized spacial score (nSPS) is 23.3. The Bertz CT molecular complexity index is 615.